The zero-order valence-corrected chi connectivity index (χ0v) is 11.0. The fourth-order valence-electron chi connectivity index (χ4n) is 2.03. The van der Waals surface area contributed by atoms with Crippen LogP contribution in [-0.2, 0) is 11.8 Å². The number of aromatic nitrogens is 3. The molecule has 1 aromatic rings. The molecule has 1 aromatic heterocycles. The largest absolute Gasteiger partial charge is 0.345 e. The molecule has 0 aromatic carbocycles. The number of nitrogens with zero attached hydrogens (tertiary/aromatic N) is 3. The third kappa shape index (κ3) is 2.85. The molecule has 100 valence electrons. The molecule has 0 spiro atoms. The van der Waals surface area contributed by atoms with Crippen LogP contribution in [0.4, 0.5) is 0 Å². The Bertz CT molecular complexity index is 409. The average molecular weight is 252 g/mol. The van der Waals surface area contributed by atoms with Gasteiger partial charge >= 0.3 is 0 Å². The predicted molar refractivity (Wildman–Crippen MR) is 66.8 cm³/mol. The fourth-order valence-corrected chi connectivity index (χ4v) is 2.03. The Morgan fingerprint density at radius 3 is 2.89 bits per heavy atom. The highest BCUT2D eigenvalue weighted by atomic mass is 16.2. The highest BCUT2D eigenvalue weighted by molar-refractivity contribution is 5.82. The van der Waals surface area contributed by atoms with Crippen LogP contribution in [0.3, 0.4) is 0 Å². The molecule has 2 heterocycles. The minimum absolute atomic E-state index is 0.00935. The fraction of sp³-hybridized carbons (Fsp3) is 0.727. The van der Waals surface area contributed by atoms with Gasteiger partial charge in [0.1, 0.15) is 6.33 Å². The third-order valence-electron chi connectivity index (χ3n) is 3.15. The van der Waals surface area contributed by atoms with Crippen LogP contribution in [0.25, 0.3) is 0 Å². The third-order valence-corrected chi connectivity index (χ3v) is 3.15. The quantitative estimate of drug-likeness (QED) is 0.639. The van der Waals surface area contributed by atoms with Gasteiger partial charge < -0.3 is 20.5 Å². The van der Waals surface area contributed by atoms with E-state index in [0.29, 0.717) is 12.6 Å². The molecule has 2 rings (SSSR count). The minimum atomic E-state index is -0.183. The van der Waals surface area contributed by atoms with Gasteiger partial charge in [-0.15, -0.1) is 10.2 Å². The summed E-state index contributed by atoms with van der Waals surface area (Å²) in [7, 11) is 1.86. The number of nitrogens with one attached hydrogen (secondary N) is 3. The number of hydrogen-bond donors (Lipinski definition) is 3. The molecule has 1 aliphatic rings. The Labute approximate surface area is 106 Å². The van der Waals surface area contributed by atoms with Crippen LogP contribution in [0.5, 0.6) is 0 Å². The molecule has 18 heavy (non-hydrogen) atoms. The first-order valence-electron chi connectivity index (χ1n) is 6.19. The summed E-state index contributed by atoms with van der Waals surface area (Å²) in [4.78, 5) is 12.1. The van der Waals surface area contributed by atoms with E-state index in [0.717, 1.165) is 12.4 Å². The van der Waals surface area contributed by atoms with Gasteiger partial charge in [0.25, 0.3) is 0 Å². The van der Waals surface area contributed by atoms with Crippen molar-refractivity contribution in [3.05, 3.63) is 12.2 Å². The van der Waals surface area contributed by atoms with E-state index in [4.69, 9.17) is 0 Å². The molecule has 1 aliphatic heterocycles. The summed E-state index contributed by atoms with van der Waals surface area (Å²) < 4.78 is 1.81. The van der Waals surface area contributed by atoms with Gasteiger partial charge in [0.05, 0.1) is 12.1 Å². The van der Waals surface area contributed by atoms with Crippen LogP contribution in [0.2, 0.25) is 0 Å². The van der Waals surface area contributed by atoms with Gasteiger partial charge in [-0.25, -0.2) is 0 Å². The summed E-state index contributed by atoms with van der Waals surface area (Å²) in [5.74, 6) is 0.741. The molecule has 0 aliphatic carbocycles. The molecular formula is C11H20N6O. The number of hydrogen-bond acceptors (Lipinski definition) is 5. The second-order valence-electron chi connectivity index (χ2n) is 4.80. The van der Waals surface area contributed by atoms with E-state index in [1.54, 1.807) is 10.9 Å². The maximum Gasteiger partial charge on any atom is 0.239 e. The first-order valence-corrected chi connectivity index (χ1v) is 6.19. The Balaban J connectivity index is 1.89. The molecule has 1 saturated heterocycles. The monoisotopic (exact) mass is 252 g/mol. The highest BCUT2D eigenvalue weighted by Crippen LogP contribution is 2.07. The summed E-state index contributed by atoms with van der Waals surface area (Å²) in [6.07, 6.45) is 1.63. The van der Waals surface area contributed by atoms with Gasteiger partial charge in [-0.05, 0) is 13.8 Å². The predicted octanol–water partition coefficient (Wildman–Crippen LogP) is -1.06. The number of aryl methyl sites for hydroxylation is 1. The Morgan fingerprint density at radius 2 is 2.33 bits per heavy atom. The van der Waals surface area contributed by atoms with Gasteiger partial charge in [0, 0.05) is 26.2 Å². The van der Waals surface area contributed by atoms with E-state index in [2.05, 4.69) is 33.1 Å². The normalized spacial score (nSPS) is 25.7. The van der Waals surface area contributed by atoms with Crippen LogP contribution < -0.4 is 16.0 Å². The van der Waals surface area contributed by atoms with Gasteiger partial charge in [-0.3, -0.25) is 4.79 Å². The van der Waals surface area contributed by atoms with E-state index in [1.807, 2.05) is 14.0 Å². The molecule has 7 nitrogen and oxygen atoms in total. The van der Waals surface area contributed by atoms with Gasteiger partial charge in [-0.2, -0.15) is 0 Å². The van der Waals surface area contributed by atoms with Crippen molar-refractivity contribution >= 4 is 5.91 Å². The zero-order valence-electron chi connectivity index (χ0n) is 11.0. The van der Waals surface area contributed by atoms with Crippen molar-refractivity contribution in [2.45, 2.75) is 32.0 Å². The SMILES string of the molecule is CC1CNC(C(=O)NC(C)c2nncn2C)CN1. The molecule has 3 atom stereocenters. The second-order valence-corrected chi connectivity index (χ2v) is 4.80. The summed E-state index contributed by atoms with van der Waals surface area (Å²) in [5, 5.41) is 17.2. The minimum Gasteiger partial charge on any atom is -0.345 e. The Hall–Kier alpha value is -1.47. The lowest BCUT2D eigenvalue weighted by molar-refractivity contribution is -0.124. The highest BCUT2D eigenvalue weighted by Gasteiger charge is 2.25. The summed E-state index contributed by atoms with van der Waals surface area (Å²) >= 11 is 0. The number of amides is 1. The molecule has 1 amide bonds. The standard InChI is InChI=1S/C11H20N6O/c1-7-4-13-9(5-12-7)11(18)15-8(2)10-16-14-6-17(10)3/h6-9,12-13H,4-5H2,1-3H3,(H,15,18). The molecule has 0 bridgehead atoms. The first-order chi connectivity index (χ1) is 8.58. The van der Waals surface area contributed by atoms with Crippen LogP contribution in [0, 0.1) is 0 Å². The van der Waals surface area contributed by atoms with E-state index >= 15 is 0 Å². The van der Waals surface area contributed by atoms with Crippen molar-refractivity contribution in [3.63, 3.8) is 0 Å². The smallest absolute Gasteiger partial charge is 0.239 e. The van der Waals surface area contributed by atoms with Crippen LogP contribution in [0.15, 0.2) is 6.33 Å². The Kier molecular flexibility index (Phi) is 3.93. The maximum atomic E-state index is 12.1. The van der Waals surface area contributed by atoms with Gasteiger partial charge in [0.15, 0.2) is 5.82 Å². The van der Waals surface area contributed by atoms with E-state index in [1.165, 1.54) is 0 Å². The van der Waals surface area contributed by atoms with Crippen LogP contribution in [0.1, 0.15) is 25.7 Å². The topological polar surface area (TPSA) is 83.9 Å². The molecule has 1 fully saturated rings. The lowest BCUT2D eigenvalue weighted by atomic mass is 10.1. The van der Waals surface area contributed by atoms with Crippen LogP contribution in [-0.4, -0.2) is 45.8 Å². The number of carbonyl (C=O) groups excluding carboxylic acids is 1. The van der Waals surface area contributed by atoms with Crippen molar-refractivity contribution in [2.24, 2.45) is 7.05 Å². The second kappa shape index (κ2) is 5.45. The number of rotatable bonds is 3. The Morgan fingerprint density at radius 1 is 1.56 bits per heavy atom. The average Bonchev–Trinajstić information content (AvgIpc) is 2.76. The van der Waals surface area contributed by atoms with Gasteiger partial charge in [0.2, 0.25) is 5.91 Å². The molecular weight excluding hydrogens is 232 g/mol. The lowest BCUT2D eigenvalue weighted by Crippen LogP contribution is -2.59. The van der Waals surface area contributed by atoms with E-state index < -0.39 is 0 Å². The summed E-state index contributed by atoms with van der Waals surface area (Å²) in [6, 6.07) is 0.0771. The van der Waals surface area contributed by atoms with Gasteiger partial charge in [-0.1, -0.05) is 0 Å². The molecule has 0 radical (unpaired) electrons. The number of piperazine rings is 1. The van der Waals surface area contributed by atoms with Crippen molar-refractivity contribution in [1.29, 1.82) is 0 Å². The van der Waals surface area contributed by atoms with Crippen molar-refractivity contribution < 1.29 is 4.79 Å². The molecule has 7 heteroatoms. The molecule has 3 N–H and O–H groups in total. The lowest BCUT2D eigenvalue weighted by Gasteiger charge is -2.29. The first kappa shape index (κ1) is 13.0. The number of carbonyl (C=O) groups is 1. The van der Waals surface area contributed by atoms with Crippen molar-refractivity contribution in [1.82, 2.24) is 30.7 Å². The van der Waals surface area contributed by atoms with Crippen molar-refractivity contribution in [2.75, 3.05) is 13.1 Å². The van der Waals surface area contributed by atoms with E-state index in [-0.39, 0.29) is 18.0 Å². The van der Waals surface area contributed by atoms with Crippen molar-refractivity contribution in [3.8, 4) is 0 Å². The summed E-state index contributed by atoms with van der Waals surface area (Å²) in [5.41, 5.74) is 0. The zero-order chi connectivity index (χ0) is 13.1. The molecule has 0 saturated carbocycles. The van der Waals surface area contributed by atoms with Crippen LogP contribution >= 0.6 is 0 Å². The summed E-state index contributed by atoms with van der Waals surface area (Å²) in [6.45, 7) is 5.44. The maximum absolute atomic E-state index is 12.1. The molecule has 3 unspecified atom stereocenters. The van der Waals surface area contributed by atoms with E-state index in [9.17, 15) is 4.79 Å².